The first-order valence-electron chi connectivity index (χ1n) is 4.73. The fraction of sp³-hybridized carbons (Fsp3) is 0.900. The summed E-state index contributed by atoms with van der Waals surface area (Å²) in [6.45, 7) is 9.46. The maximum atomic E-state index is 11.2. The number of halogens is 1. The standard InChI is InChI=1S/C10H20BrNO/c1-8(2)10(3,4)7-12-9(13)5-6-11/h8H,5-7H2,1-4H3,(H,12,13). The van der Waals surface area contributed by atoms with Crippen LogP contribution in [0, 0.1) is 11.3 Å². The van der Waals surface area contributed by atoms with Gasteiger partial charge >= 0.3 is 0 Å². The molecule has 0 rings (SSSR count). The maximum Gasteiger partial charge on any atom is 0.220 e. The zero-order valence-electron chi connectivity index (χ0n) is 8.98. The van der Waals surface area contributed by atoms with Gasteiger partial charge in [0.05, 0.1) is 0 Å². The lowest BCUT2D eigenvalue weighted by Gasteiger charge is -2.29. The van der Waals surface area contributed by atoms with E-state index in [0.29, 0.717) is 12.3 Å². The minimum atomic E-state index is 0.130. The van der Waals surface area contributed by atoms with E-state index in [1.807, 2.05) is 0 Å². The molecule has 0 heterocycles. The summed E-state index contributed by atoms with van der Waals surface area (Å²) in [6.07, 6.45) is 0.564. The number of rotatable bonds is 5. The third-order valence-corrected chi connectivity index (χ3v) is 3.02. The second-order valence-corrected chi connectivity index (χ2v) is 5.15. The van der Waals surface area contributed by atoms with Crippen molar-refractivity contribution in [1.82, 2.24) is 5.32 Å². The Morgan fingerprint density at radius 3 is 2.38 bits per heavy atom. The third kappa shape index (κ3) is 5.29. The van der Waals surface area contributed by atoms with E-state index in [1.165, 1.54) is 0 Å². The van der Waals surface area contributed by atoms with Crippen LogP contribution in [0.25, 0.3) is 0 Å². The number of nitrogens with one attached hydrogen (secondary N) is 1. The molecule has 0 saturated carbocycles. The highest BCUT2D eigenvalue weighted by Crippen LogP contribution is 2.24. The number of alkyl halides is 1. The average Bonchev–Trinajstić information content (AvgIpc) is 2.01. The van der Waals surface area contributed by atoms with Gasteiger partial charge in [-0.25, -0.2) is 0 Å². The molecule has 13 heavy (non-hydrogen) atoms. The van der Waals surface area contributed by atoms with Crippen LogP contribution in [0.4, 0.5) is 0 Å². The van der Waals surface area contributed by atoms with Crippen LogP contribution in [0.15, 0.2) is 0 Å². The van der Waals surface area contributed by atoms with Crippen LogP contribution >= 0.6 is 15.9 Å². The van der Waals surface area contributed by atoms with Crippen molar-refractivity contribution in [2.45, 2.75) is 34.1 Å². The van der Waals surface area contributed by atoms with E-state index in [4.69, 9.17) is 0 Å². The van der Waals surface area contributed by atoms with Gasteiger partial charge in [-0.1, -0.05) is 43.6 Å². The monoisotopic (exact) mass is 249 g/mol. The maximum absolute atomic E-state index is 11.2. The number of hydrogen-bond donors (Lipinski definition) is 1. The molecule has 2 nitrogen and oxygen atoms in total. The number of hydrogen-bond acceptors (Lipinski definition) is 1. The molecule has 78 valence electrons. The molecule has 0 aliphatic carbocycles. The van der Waals surface area contributed by atoms with Crippen molar-refractivity contribution in [3.63, 3.8) is 0 Å². The third-order valence-electron chi connectivity index (χ3n) is 2.63. The number of amides is 1. The van der Waals surface area contributed by atoms with Gasteiger partial charge in [-0.2, -0.15) is 0 Å². The molecule has 0 aliphatic rings. The molecule has 0 aromatic rings. The summed E-state index contributed by atoms with van der Waals surface area (Å²) in [5, 5.41) is 3.67. The Morgan fingerprint density at radius 2 is 2.00 bits per heavy atom. The molecule has 0 saturated heterocycles. The van der Waals surface area contributed by atoms with Crippen molar-refractivity contribution >= 4 is 21.8 Å². The summed E-state index contributed by atoms with van der Waals surface area (Å²) in [5.74, 6) is 0.711. The highest BCUT2D eigenvalue weighted by Gasteiger charge is 2.22. The van der Waals surface area contributed by atoms with Crippen molar-refractivity contribution in [3.8, 4) is 0 Å². The Kier molecular flexibility index (Phi) is 5.61. The summed E-state index contributed by atoms with van der Waals surface area (Å²) in [7, 11) is 0. The van der Waals surface area contributed by atoms with E-state index in [2.05, 4.69) is 48.9 Å². The van der Waals surface area contributed by atoms with Gasteiger partial charge in [0.2, 0.25) is 5.91 Å². The average molecular weight is 250 g/mol. The Labute approximate surface area is 89.6 Å². The molecule has 1 N–H and O–H groups in total. The van der Waals surface area contributed by atoms with Crippen molar-refractivity contribution in [1.29, 1.82) is 0 Å². The van der Waals surface area contributed by atoms with Crippen LogP contribution < -0.4 is 5.32 Å². The second-order valence-electron chi connectivity index (χ2n) is 4.36. The predicted molar refractivity (Wildman–Crippen MR) is 60.0 cm³/mol. The molecule has 0 atom stereocenters. The summed E-state index contributed by atoms with van der Waals surface area (Å²) >= 11 is 3.24. The van der Waals surface area contributed by atoms with Gasteiger partial charge in [0.25, 0.3) is 0 Å². The highest BCUT2D eigenvalue weighted by atomic mass is 79.9. The molecule has 0 aromatic heterocycles. The molecule has 0 unspecified atom stereocenters. The van der Waals surface area contributed by atoms with E-state index in [-0.39, 0.29) is 11.3 Å². The zero-order chi connectivity index (χ0) is 10.5. The smallest absolute Gasteiger partial charge is 0.220 e. The minimum Gasteiger partial charge on any atom is -0.356 e. The van der Waals surface area contributed by atoms with E-state index in [0.717, 1.165) is 11.9 Å². The first-order chi connectivity index (χ1) is 5.90. The highest BCUT2D eigenvalue weighted by molar-refractivity contribution is 9.09. The molecule has 0 bridgehead atoms. The van der Waals surface area contributed by atoms with Gasteiger partial charge in [-0.05, 0) is 11.3 Å². The van der Waals surface area contributed by atoms with Crippen molar-refractivity contribution < 1.29 is 4.79 Å². The Hall–Kier alpha value is -0.0500. The fourth-order valence-corrected chi connectivity index (χ4v) is 1.06. The van der Waals surface area contributed by atoms with Crippen molar-refractivity contribution in [2.24, 2.45) is 11.3 Å². The first kappa shape index (κ1) is 12.9. The van der Waals surface area contributed by atoms with Gasteiger partial charge in [-0.3, -0.25) is 4.79 Å². The van der Waals surface area contributed by atoms with Crippen LogP contribution in [0.3, 0.4) is 0 Å². The molecule has 0 aliphatic heterocycles. The van der Waals surface area contributed by atoms with Crippen LogP contribution in [-0.4, -0.2) is 17.8 Å². The van der Waals surface area contributed by atoms with Crippen LogP contribution in [-0.2, 0) is 4.79 Å². The number of carbonyl (C=O) groups excluding carboxylic acids is 1. The van der Waals surface area contributed by atoms with Crippen LogP contribution in [0.1, 0.15) is 34.1 Å². The lowest BCUT2D eigenvalue weighted by molar-refractivity contribution is -0.121. The van der Waals surface area contributed by atoms with Crippen molar-refractivity contribution in [2.75, 3.05) is 11.9 Å². The van der Waals surface area contributed by atoms with E-state index in [1.54, 1.807) is 0 Å². The molecule has 1 amide bonds. The molecule has 0 spiro atoms. The largest absolute Gasteiger partial charge is 0.356 e. The summed E-state index contributed by atoms with van der Waals surface area (Å²) in [5.41, 5.74) is 0.183. The molecule has 0 aromatic carbocycles. The van der Waals surface area contributed by atoms with Gasteiger partial charge < -0.3 is 5.32 Å². The fourth-order valence-electron chi connectivity index (χ4n) is 0.705. The summed E-state index contributed by atoms with van der Waals surface area (Å²) in [4.78, 5) is 11.2. The van der Waals surface area contributed by atoms with Crippen LogP contribution in [0.2, 0.25) is 0 Å². The topological polar surface area (TPSA) is 29.1 Å². The SMILES string of the molecule is CC(C)C(C)(C)CNC(=O)CCBr. The van der Waals surface area contributed by atoms with Crippen LogP contribution in [0.5, 0.6) is 0 Å². The lowest BCUT2D eigenvalue weighted by atomic mass is 9.81. The quantitative estimate of drug-likeness (QED) is 0.746. The van der Waals surface area contributed by atoms with Gasteiger partial charge in [0.1, 0.15) is 0 Å². The normalized spacial score (nSPS) is 11.8. The lowest BCUT2D eigenvalue weighted by Crippen LogP contribution is -2.36. The minimum absolute atomic E-state index is 0.130. The Balaban J connectivity index is 3.81. The number of carbonyl (C=O) groups is 1. The molecular weight excluding hydrogens is 230 g/mol. The first-order valence-corrected chi connectivity index (χ1v) is 5.85. The van der Waals surface area contributed by atoms with Gasteiger partial charge in [0.15, 0.2) is 0 Å². The Morgan fingerprint density at radius 1 is 1.46 bits per heavy atom. The van der Waals surface area contributed by atoms with Gasteiger partial charge in [-0.15, -0.1) is 0 Å². The second kappa shape index (κ2) is 5.63. The van der Waals surface area contributed by atoms with Gasteiger partial charge in [0, 0.05) is 18.3 Å². The predicted octanol–water partition coefficient (Wildman–Crippen LogP) is 2.57. The molecule has 3 heteroatoms. The van der Waals surface area contributed by atoms with E-state index < -0.39 is 0 Å². The molecule has 0 fully saturated rings. The van der Waals surface area contributed by atoms with E-state index >= 15 is 0 Å². The summed E-state index contributed by atoms with van der Waals surface area (Å²) in [6, 6.07) is 0. The summed E-state index contributed by atoms with van der Waals surface area (Å²) < 4.78 is 0. The molecular formula is C10H20BrNO. The van der Waals surface area contributed by atoms with Crippen molar-refractivity contribution in [3.05, 3.63) is 0 Å². The van der Waals surface area contributed by atoms with E-state index in [9.17, 15) is 4.79 Å². The Bertz CT molecular complexity index is 166. The molecule has 0 radical (unpaired) electrons. The zero-order valence-corrected chi connectivity index (χ0v) is 10.6.